The summed E-state index contributed by atoms with van der Waals surface area (Å²) in [5.74, 6) is -0.945. The number of hydrogen-bond donors (Lipinski definition) is 3. The maximum atomic E-state index is 13.0. The molecule has 0 radical (unpaired) electrons. The first-order chi connectivity index (χ1) is 13.5. The van der Waals surface area contributed by atoms with Gasteiger partial charge in [-0.3, -0.25) is 4.55 Å². The van der Waals surface area contributed by atoms with Crippen molar-refractivity contribution in [1.29, 1.82) is 0 Å². The molecular weight excluding hydrogens is 482 g/mol. The Bertz CT molecular complexity index is 1210. The van der Waals surface area contributed by atoms with Crippen LogP contribution in [0.2, 0.25) is 20.1 Å². The number of halogens is 4. The lowest BCUT2D eigenvalue weighted by molar-refractivity contribution is 0.431. The van der Waals surface area contributed by atoms with Crippen LogP contribution in [0.4, 0.5) is 0 Å². The van der Waals surface area contributed by atoms with Gasteiger partial charge in [0.1, 0.15) is 11.5 Å². The molecule has 152 valence electrons. The minimum absolute atomic E-state index is 0.0280. The van der Waals surface area contributed by atoms with Gasteiger partial charge in [0, 0.05) is 32.8 Å². The summed E-state index contributed by atoms with van der Waals surface area (Å²) in [5, 5.41) is 20.1. The molecule has 0 fully saturated rings. The maximum absolute atomic E-state index is 13.0. The van der Waals surface area contributed by atoms with Gasteiger partial charge in [-0.2, -0.15) is 8.42 Å². The molecule has 0 saturated carbocycles. The Labute approximate surface area is 186 Å². The van der Waals surface area contributed by atoms with Crippen LogP contribution >= 0.6 is 46.4 Å². The van der Waals surface area contributed by atoms with E-state index < -0.39 is 20.6 Å². The highest BCUT2D eigenvalue weighted by molar-refractivity contribution is 7.87. The molecule has 3 aromatic carbocycles. The second-order valence-electron chi connectivity index (χ2n) is 6.08. The molecule has 0 aromatic heterocycles. The smallest absolute Gasteiger partial charge is 0.283 e. The van der Waals surface area contributed by atoms with Crippen LogP contribution in [0, 0.1) is 0 Å². The van der Waals surface area contributed by atoms with E-state index in [-0.39, 0.29) is 42.5 Å². The van der Waals surface area contributed by atoms with Crippen molar-refractivity contribution in [3.63, 3.8) is 0 Å². The van der Waals surface area contributed by atoms with Crippen molar-refractivity contribution < 1.29 is 23.2 Å². The van der Waals surface area contributed by atoms with E-state index in [1.807, 2.05) is 0 Å². The van der Waals surface area contributed by atoms with Gasteiger partial charge in [0.25, 0.3) is 10.1 Å². The predicted molar refractivity (Wildman–Crippen MR) is 114 cm³/mol. The molecule has 0 spiro atoms. The fourth-order valence-electron chi connectivity index (χ4n) is 3.21. The van der Waals surface area contributed by atoms with E-state index in [9.17, 15) is 23.2 Å². The first-order valence-electron chi connectivity index (χ1n) is 7.89. The summed E-state index contributed by atoms with van der Waals surface area (Å²) in [7, 11) is -5.11. The Morgan fingerprint density at radius 3 is 1.90 bits per heavy atom. The van der Waals surface area contributed by atoms with Gasteiger partial charge in [0.05, 0.1) is 10.0 Å². The number of phenols is 2. The second-order valence-corrected chi connectivity index (χ2v) is 9.28. The van der Waals surface area contributed by atoms with Gasteiger partial charge in [0.2, 0.25) is 0 Å². The summed E-state index contributed by atoms with van der Waals surface area (Å²) in [6.45, 7) is 0. The van der Waals surface area contributed by atoms with Gasteiger partial charge in [0.15, 0.2) is 4.75 Å². The Morgan fingerprint density at radius 2 is 1.31 bits per heavy atom. The lowest BCUT2D eigenvalue weighted by Crippen LogP contribution is -2.39. The van der Waals surface area contributed by atoms with Gasteiger partial charge in [-0.05, 0) is 30.3 Å². The van der Waals surface area contributed by atoms with E-state index in [0.717, 1.165) is 18.2 Å². The van der Waals surface area contributed by atoms with Crippen LogP contribution in [0.5, 0.6) is 11.5 Å². The van der Waals surface area contributed by atoms with E-state index in [2.05, 4.69) is 0 Å². The highest BCUT2D eigenvalue weighted by Gasteiger charge is 2.52. The van der Waals surface area contributed by atoms with Crippen molar-refractivity contribution >= 4 is 56.5 Å². The lowest BCUT2D eigenvalue weighted by atomic mass is 9.83. The van der Waals surface area contributed by atoms with E-state index in [4.69, 9.17) is 46.4 Å². The summed E-state index contributed by atoms with van der Waals surface area (Å²) in [6.07, 6.45) is 0. The van der Waals surface area contributed by atoms with Gasteiger partial charge >= 0.3 is 0 Å². The molecule has 3 N–H and O–H groups in total. The third kappa shape index (κ3) is 3.65. The lowest BCUT2D eigenvalue weighted by Gasteiger charge is -2.34. The van der Waals surface area contributed by atoms with Crippen molar-refractivity contribution in [2.75, 3.05) is 0 Å². The van der Waals surface area contributed by atoms with E-state index in [1.54, 1.807) is 6.07 Å². The van der Waals surface area contributed by atoms with Gasteiger partial charge in [-0.25, -0.2) is 0 Å². The molecule has 1 atom stereocenters. The van der Waals surface area contributed by atoms with Crippen molar-refractivity contribution in [2.24, 2.45) is 0 Å². The highest BCUT2D eigenvalue weighted by atomic mass is 35.5. The summed E-state index contributed by atoms with van der Waals surface area (Å²) >= 11 is 24.8. The minimum atomic E-state index is -5.11. The van der Waals surface area contributed by atoms with E-state index in [0.29, 0.717) is 0 Å². The third-order valence-electron chi connectivity index (χ3n) is 4.39. The molecule has 0 aliphatic heterocycles. The molecule has 0 aliphatic carbocycles. The molecule has 0 aliphatic rings. The molecule has 5 nitrogen and oxygen atoms in total. The molecule has 0 amide bonds. The molecule has 29 heavy (non-hydrogen) atoms. The Kier molecular flexibility index (Phi) is 5.98. The van der Waals surface area contributed by atoms with Gasteiger partial charge < -0.3 is 10.2 Å². The van der Waals surface area contributed by atoms with Crippen LogP contribution in [0.1, 0.15) is 16.7 Å². The molecule has 0 bridgehead atoms. The molecular formula is C19H12Cl4O5S. The summed E-state index contributed by atoms with van der Waals surface area (Å²) in [6, 6.07) is 11.5. The standard InChI is InChI=1S/C19H12Cl4O5S/c20-14-4-2-1-3-11(14)19(29(26,27)28,12-6-5-10(24)7-18(12)25)13-8-16(22)17(23)9-15(13)21/h1-9,24-25H,(H,26,27,28). The average molecular weight is 494 g/mol. The van der Waals surface area contributed by atoms with Crippen molar-refractivity contribution in [2.45, 2.75) is 4.75 Å². The highest BCUT2D eigenvalue weighted by Crippen LogP contribution is 2.52. The molecule has 0 heterocycles. The zero-order chi connectivity index (χ0) is 21.6. The fraction of sp³-hybridized carbons (Fsp3) is 0.0526. The zero-order valence-corrected chi connectivity index (χ0v) is 18.1. The summed E-state index contributed by atoms with van der Waals surface area (Å²) < 4.78 is 34.0. The Hall–Kier alpha value is -1.67. The first-order valence-corrected chi connectivity index (χ1v) is 10.8. The van der Waals surface area contributed by atoms with Crippen LogP contribution in [-0.4, -0.2) is 23.2 Å². The van der Waals surface area contributed by atoms with E-state index >= 15 is 0 Å². The normalized spacial score (nSPS) is 13.8. The number of hydrogen-bond acceptors (Lipinski definition) is 4. The van der Waals surface area contributed by atoms with E-state index in [1.165, 1.54) is 30.3 Å². The fourth-order valence-corrected chi connectivity index (χ4v) is 5.64. The van der Waals surface area contributed by atoms with Crippen molar-refractivity contribution in [1.82, 2.24) is 0 Å². The van der Waals surface area contributed by atoms with Crippen molar-refractivity contribution in [3.05, 3.63) is 91.4 Å². The third-order valence-corrected chi connectivity index (χ3v) is 7.19. The molecule has 10 heteroatoms. The van der Waals surface area contributed by atoms with Crippen LogP contribution in [0.25, 0.3) is 0 Å². The number of benzene rings is 3. The van der Waals surface area contributed by atoms with Crippen LogP contribution in [0.15, 0.2) is 54.6 Å². The topological polar surface area (TPSA) is 94.8 Å². The second kappa shape index (κ2) is 7.87. The summed E-state index contributed by atoms with van der Waals surface area (Å²) in [4.78, 5) is 0. The number of rotatable bonds is 4. The van der Waals surface area contributed by atoms with Crippen LogP contribution in [-0.2, 0) is 14.9 Å². The SMILES string of the molecule is O=S(=O)(O)C(c1ccc(O)cc1O)(c1ccccc1Cl)c1cc(Cl)c(Cl)cc1Cl. The first kappa shape index (κ1) is 22.0. The number of phenolic OH excluding ortho intramolecular Hbond substituents is 2. The Morgan fingerprint density at radius 1 is 0.690 bits per heavy atom. The Balaban J connectivity index is 2.63. The zero-order valence-electron chi connectivity index (χ0n) is 14.3. The number of aromatic hydroxyl groups is 2. The van der Waals surface area contributed by atoms with Gasteiger partial charge in [-0.1, -0.05) is 64.6 Å². The van der Waals surface area contributed by atoms with Crippen molar-refractivity contribution in [3.8, 4) is 11.5 Å². The van der Waals surface area contributed by atoms with Crippen LogP contribution < -0.4 is 0 Å². The maximum Gasteiger partial charge on any atom is 0.283 e. The quantitative estimate of drug-likeness (QED) is 0.239. The monoisotopic (exact) mass is 492 g/mol. The minimum Gasteiger partial charge on any atom is -0.508 e. The molecule has 1 unspecified atom stereocenters. The molecule has 0 saturated heterocycles. The van der Waals surface area contributed by atoms with Crippen LogP contribution in [0.3, 0.4) is 0 Å². The summed E-state index contributed by atoms with van der Waals surface area (Å²) in [5.41, 5.74) is -0.582. The molecule has 3 aromatic rings. The van der Waals surface area contributed by atoms with Gasteiger partial charge in [-0.15, -0.1) is 0 Å². The largest absolute Gasteiger partial charge is 0.508 e. The average Bonchev–Trinajstić information content (AvgIpc) is 2.61. The predicted octanol–water partition coefficient (Wildman–Crippen LogP) is 5.89. The molecule has 3 rings (SSSR count).